The summed E-state index contributed by atoms with van der Waals surface area (Å²) in [5.74, 6) is 1.08. The molecule has 1 rings (SSSR count). The first-order valence-electron chi connectivity index (χ1n) is 4.28. The quantitative estimate of drug-likeness (QED) is 0.598. The number of hydrogen-bond acceptors (Lipinski definition) is 3. The summed E-state index contributed by atoms with van der Waals surface area (Å²) in [4.78, 5) is 0. The summed E-state index contributed by atoms with van der Waals surface area (Å²) in [5, 5.41) is 0. The van der Waals surface area contributed by atoms with Crippen LogP contribution in [0.2, 0.25) is 0 Å². The molecule has 1 aliphatic heterocycles. The van der Waals surface area contributed by atoms with Crippen LogP contribution in [-0.2, 0) is 9.47 Å². The molecule has 0 radical (unpaired) electrons. The van der Waals surface area contributed by atoms with Crippen LogP contribution < -0.4 is 0 Å². The lowest BCUT2D eigenvalue weighted by atomic mass is 10.3. The Bertz CT molecular complexity index is 92.1. The van der Waals surface area contributed by atoms with Crippen LogP contribution in [0.4, 0.5) is 0 Å². The van der Waals surface area contributed by atoms with Crippen LogP contribution in [0, 0.1) is 0 Å². The van der Waals surface area contributed by atoms with Crippen molar-refractivity contribution in [2.45, 2.75) is 31.8 Å². The van der Waals surface area contributed by atoms with E-state index >= 15 is 0 Å². The van der Waals surface area contributed by atoms with Crippen molar-refractivity contribution in [3.63, 3.8) is 0 Å². The lowest BCUT2D eigenvalue weighted by molar-refractivity contribution is -0.0681. The number of unbranched alkanes of at least 4 members (excludes halogenated alkanes) is 2. The minimum Gasteiger partial charge on any atom is -0.344 e. The molecule has 11 heavy (non-hydrogen) atoms. The third-order valence-electron chi connectivity index (χ3n) is 1.59. The van der Waals surface area contributed by atoms with E-state index in [4.69, 9.17) is 9.47 Å². The van der Waals surface area contributed by atoms with Crippen molar-refractivity contribution in [2.24, 2.45) is 0 Å². The number of ether oxygens (including phenoxy) is 2. The molecule has 1 heterocycles. The summed E-state index contributed by atoms with van der Waals surface area (Å²) in [6, 6.07) is 0. The van der Waals surface area contributed by atoms with Gasteiger partial charge in [-0.25, -0.2) is 0 Å². The molecule has 3 heteroatoms. The topological polar surface area (TPSA) is 18.5 Å². The molecule has 1 aliphatic rings. The number of thioether (sulfide) groups is 1. The van der Waals surface area contributed by atoms with E-state index in [1.54, 1.807) is 11.8 Å². The van der Waals surface area contributed by atoms with Gasteiger partial charge in [0.1, 0.15) is 0 Å². The third kappa shape index (κ3) is 3.99. The van der Waals surface area contributed by atoms with Crippen LogP contribution >= 0.6 is 11.8 Å². The molecule has 0 aromatic carbocycles. The molecule has 0 bridgehead atoms. The highest BCUT2D eigenvalue weighted by atomic mass is 32.2. The van der Waals surface area contributed by atoms with Crippen LogP contribution in [0.15, 0.2) is 0 Å². The average Bonchev–Trinajstić information content (AvgIpc) is 2.50. The molecule has 0 spiro atoms. The molecule has 1 saturated heterocycles. The molecule has 0 saturated carbocycles. The van der Waals surface area contributed by atoms with E-state index in [2.05, 4.69) is 6.92 Å². The molecular weight excluding hydrogens is 160 g/mol. The van der Waals surface area contributed by atoms with Crippen LogP contribution in [0.25, 0.3) is 0 Å². The van der Waals surface area contributed by atoms with Crippen molar-refractivity contribution in [1.82, 2.24) is 0 Å². The average molecular weight is 176 g/mol. The number of hydrogen-bond donors (Lipinski definition) is 0. The lowest BCUT2D eigenvalue weighted by Crippen LogP contribution is -2.08. The van der Waals surface area contributed by atoms with Gasteiger partial charge in [-0.05, 0) is 6.42 Å². The normalized spacial score (nSPS) is 24.3. The highest BCUT2D eigenvalue weighted by Gasteiger charge is 2.15. The van der Waals surface area contributed by atoms with Crippen molar-refractivity contribution < 1.29 is 9.47 Å². The van der Waals surface area contributed by atoms with Gasteiger partial charge in [-0.2, -0.15) is 0 Å². The van der Waals surface area contributed by atoms with E-state index in [0.717, 1.165) is 25.4 Å². The summed E-state index contributed by atoms with van der Waals surface area (Å²) < 4.78 is 10.7. The zero-order valence-electron chi connectivity index (χ0n) is 7.04. The van der Waals surface area contributed by atoms with Crippen molar-refractivity contribution in [3.8, 4) is 0 Å². The first-order chi connectivity index (χ1) is 5.43. The number of rotatable bonds is 5. The second-order valence-electron chi connectivity index (χ2n) is 2.61. The maximum Gasteiger partial charge on any atom is 0.207 e. The third-order valence-corrected chi connectivity index (χ3v) is 2.54. The Kier molecular flexibility index (Phi) is 4.99. The standard InChI is InChI=1S/C8H16O2S/c1-2-3-4-5-9-8-10-6-7-11-8/h8H,2-7H2,1H3. The van der Waals surface area contributed by atoms with E-state index in [0.29, 0.717) is 0 Å². The summed E-state index contributed by atoms with van der Waals surface area (Å²) in [6.45, 7) is 3.90. The Labute approximate surface area is 72.6 Å². The predicted octanol–water partition coefficient (Wildman–Crippen LogP) is 2.24. The van der Waals surface area contributed by atoms with Gasteiger partial charge in [-0.15, -0.1) is 0 Å². The SMILES string of the molecule is CCCCCOC1OCCS1. The van der Waals surface area contributed by atoms with Gasteiger partial charge in [0.2, 0.25) is 5.62 Å². The van der Waals surface area contributed by atoms with E-state index in [1.807, 2.05) is 0 Å². The molecular formula is C8H16O2S. The van der Waals surface area contributed by atoms with Gasteiger partial charge in [0, 0.05) is 5.75 Å². The molecule has 0 aliphatic carbocycles. The van der Waals surface area contributed by atoms with Crippen LogP contribution in [0.3, 0.4) is 0 Å². The molecule has 1 atom stereocenters. The summed E-state index contributed by atoms with van der Waals surface area (Å²) in [6.07, 6.45) is 3.68. The fourth-order valence-electron chi connectivity index (χ4n) is 0.965. The largest absolute Gasteiger partial charge is 0.344 e. The lowest BCUT2D eigenvalue weighted by Gasteiger charge is -2.08. The molecule has 0 N–H and O–H groups in total. The maximum atomic E-state index is 5.45. The summed E-state index contributed by atoms with van der Waals surface area (Å²) >= 11 is 1.76. The highest BCUT2D eigenvalue weighted by molar-refractivity contribution is 7.99. The highest BCUT2D eigenvalue weighted by Crippen LogP contribution is 2.20. The predicted molar refractivity (Wildman–Crippen MR) is 47.7 cm³/mol. The van der Waals surface area contributed by atoms with E-state index in [-0.39, 0.29) is 5.62 Å². The molecule has 0 aromatic rings. The van der Waals surface area contributed by atoms with E-state index in [1.165, 1.54) is 12.8 Å². The Morgan fingerprint density at radius 2 is 2.45 bits per heavy atom. The Balaban J connectivity index is 1.86. The molecule has 1 unspecified atom stereocenters. The fraction of sp³-hybridized carbons (Fsp3) is 1.00. The minimum atomic E-state index is 0.0341. The Morgan fingerprint density at radius 3 is 3.09 bits per heavy atom. The van der Waals surface area contributed by atoms with Gasteiger partial charge in [0.25, 0.3) is 0 Å². The fourth-order valence-corrected chi connectivity index (χ4v) is 1.73. The maximum absolute atomic E-state index is 5.45. The van der Waals surface area contributed by atoms with Gasteiger partial charge in [0.15, 0.2) is 0 Å². The first kappa shape index (κ1) is 9.36. The van der Waals surface area contributed by atoms with Crippen LogP contribution in [0.5, 0.6) is 0 Å². The van der Waals surface area contributed by atoms with Gasteiger partial charge >= 0.3 is 0 Å². The van der Waals surface area contributed by atoms with E-state index in [9.17, 15) is 0 Å². The smallest absolute Gasteiger partial charge is 0.207 e. The Morgan fingerprint density at radius 1 is 1.55 bits per heavy atom. The van der Waals surface area contributed by atoms with Crippen molar-refractivity contribution in [1.29, 1.82) is 0 Å². The molecule has 0 aromatic heterocycles. The van der Waals surface area contributed by atoms with Crippen LogP contribution in [-0.4, -0.2) is 24.6 Å². The van der Waals surface area contributed by atoms with E-state index < -0.39 is 0 Å². The molecule has 2 nitrogen and oxygen atoms in total. The van der Waals surface area contributed by atoms with Crippen molar-refractivity contribution in [3.05, 3.63) is 0 Å². The summed E-state index contributed by atoms with van der Waals surface area (Å²) in [7, 11) is 0. The second kappa shape index (κ2) is 5.86. The first-order valence-corrected chi connectivity index (χ1v) is 5.33. The van der Waals surface area contributed by atoms with Crippen molar-refractivity contribution in [2.75, 3.05) is 19.0 Å². The monoisotopic (exact) mass is 176 g/mol. The van der Waals surface area contributed by atoms with Crippen LogP contribution in [0.1, 0.15) is 26.2 Å². The van der Waals surface area contributed by atoms with Gasteiger partial charge < -0.3 is 9.47 Å². The van der Waals surface area contributed by atoms with Crippen molar-refractivity contribution >= 4 is 11.8 Å². The molecule has 1 fully saturated rings. The van der Waals surface area contributed by atoms with Gasteiger partial charge in [-0.1, -0.05) is 31.5 Å². The molecule has 66 valence electrons. The summed E-state index contributed by atoms with van der Waals surface area (Å²) in [5.41, 5.74) is 0.0341. The van der Waals surface area contributed by atoms with Gasteiger partial charge in [0.05, 0.1) is 13.2 Å². The zero-order valence-corrected chi connectivity index (χ0v) is 7.86. The minimum absolute atomic E-state index is 0.0341. The van der Waals surface area contributed by atoms with Gasteiger partial charge in [-0.3, -0.25) is 0 Å². The zero-order chi connectivity index (χ0) is 7.94. The molecule has 0 amide bonds. The Hall–Kier alpha value is 0.270. The second-order valence-corrected chi connectivity index (χ2v) is 3.73.